The van der Waals surface area contributed by atoms with Crippen molar-refractivity contribution in [3.8, 4) is 5.75 Å². The Hall–Kier alpha value is -1.03. The second-order valence-corrected chi connectivity index (χ2v) is 6.60. The van der Waals surface area contributed by atoms with Crippen molar-refractivity contribution in [3.63, 3.8) is 0 Å². The summed E-state index contributed by atoms with van der Waals surface area (Å²) in [4.78, 5) is 11.8. The fraction of sp³-hybridized carbons (Fsp3) is 0.562. The Bertz CT molecular complexity index is 429. The summed E-state index contributed by atoms with van der Waals surface area (Å²) in [7, 11) is 0. The lowest BCUT2D eigenvalue weighted by atomic mass is 10.1. The molecule has 0 heterocycles. The SMILES string of the molecule is CC(C)Oc1ccc(C(C)NC(=O)C(Br)C(C)C)cc1. The first-order chi connectivity index (χ1) is 9.31. The summed E-state index contributed by atoms with van der Waals surface area (Å²) < 4.78 is 5.60. The van der Waals surface area contributed by atoms with Crippen LogP contribution in [0.2, 0.25) is 0 Å². The van der Waals surface area contributed by atoms with Crippen molar-refractivity contribution in [3.05, 3.63) is 29.8 Å². The van der Waals surface area contributed by atoms with Gasteiger partial charge in [-0.3, -0.25) is 4.79 Å². The van der Waals surface area contributed by atoms with Crippen LogP contribution in [-0.4, -0.2) is 16.8 Å². The Kier molecular flexibility index (Phi) is 6.53. The molecule has 0 radical (unpaired) electrons. The van der Waals surface area contributed by atoms with E-state index in [4.69, 9.17) is 4.74 Å². The molecule has 0 aliphatic heterocycles. The quantitative estimate of drug-likeness (QED) is 0.792. The van der Waals surface area contributed by atoms with Crippen molar-refractivity contribution >= 4 is 21.8 Å². The number of ether oxygens (including phenoxy) is 1. The molecular formula is C16H24BrNO2. The van der Waals surface area contributed by atoms with Gasteiger partial charge >= 0.3 is 0 Å². The van der Waals surface area contributed by atoms with Crippen LogP contribution < -0.4 is 10.1 Å². The molecule has 20 heavy (non-hydrogen) atoms. The second-order valence-electron chi connectivity index (χ2n) is 5.61. The molecule has 4 heteroatoms. The predicted molar refractivity (Wildman–Crippen MR) is 86.3 cm³/mol. The molecule has 0 aliphatic carbocycles. The maximum Gasteiger partial charge on any atom is 0.234 e. The molecule has 2 unspecified atom stereocenters. The first kappa shape index (κ1) is 17.0. The first-order valence-corrected chi connectivity index (χ1v) is 7.94. The maximum absolute atomic E-state index is 12.0. The molecule has 0 saturated carbocycles. The number of benzene rings is 1. The van der Waals surface area contributed by atoms with Crippen molar-refractivity contribution in [2.45, 2.75) is 51.6 Å². The number of amides is 1. The monoisotopic (exact) mass is 341 g/mol. The first-order valence-electron chi connectivity index (χ1n) is 7.02. The van der Waals surface area contributed by atoms with Crippen molar-refractivity contribution < 1.29 is 9.53 Å². The van der Waals surface area contributed by atoms with Gasteiger partial charge in [-0.1, -0.05) is 41.9 Å². The molecule has 2 atom stereocenters. The molecule has 0 bridgehead atoms. The summed E-state index contributed by atoms with van der Waals surface area (Å²) in [5, 5.41) is 3.01. The van der Waals surface area contributed by atoms with E-state index in [9.17, 15) is 4.79 Å². The van der Waals surface area contributed by atoms with E-state index in [0.717, 1.165) is 11.3 Å². The van der Waals surface area contributed by atoms with Gasteiger partial charge in [0.1, 0.15) is 5.75 Å². The summed E-state index contributed by atoms with van der Waals surface area (Å²) in [5.41, 5.74) is 1.07. The Labute approximate surface area is 130 Å². The Morgan fingerprint density at radius 2 is 1.65 bits per heavy atom. The summed E-state index contributed by atoms with van der Waals surface area (Å²) >= 11 is 3.42. The summed E-state index contributed by atoms with van der Waals surface area (Å²) in [6.07, 6.45) is 0.165. The standard InChI is InChI=1S/C16H24BrNO2/c1-10(2)15(17)16(19)18-12(5)13-6-8-14(9-7-13)20-11(3)4/h6-12,15H,1-5H3,(H,18,19). The third-order valence-corrected chi connectivity index (χ3v) is 4.42. The van der Waals surface area contributed by atoms with Gasteiger partial charge in [-0.2, -0.15) is 0 Å². The Morgan fingerprint density at radius 1 is 1.10 bits per heavy atom. The van der Waals surface area contributed by atoms with Crippen LogP contribution in [0.1, 0.15) is 46.2 Å². The van der Waals surface area contributed by atoms with Crippen LogP contribution in [0.5, 0.6) is 5.75 Å². The van der Waals surface area contributed by atoms with Crippen molar-refractivity contribution in [2.75, 3.05) is 0 Å². The molecule has 1 aromatic carbocycles. The minimum Gasteiger partial charge on any atom is -0.491 e. The number of carbonyl (C=O) groups is 1. The molecule has 0 aromatic heterocycles. The Balaban J connectivity index is 2.63. The number of carbonyl (C=O) groups excluding carboxylic acids is 1. The van der Waals surface area contributed by atoms with Crippen LogP contribution in [0.3, 0.4) is 0 Å². The van der Waals surface area contributed by atoms with E-state index in [1.165, 1.54) is 0 Å². The van der Waals surface area contributed by atoms with Gasteiger partial charge in [0.2, 0.25) is 5.91 Å². The third-order valence-electron chi connectivity index (χ3n) is 2.95. The van der Waals surface area contributed by atoms with Gasteiger partial charge in [-0.15, -0.1) is 0 Å². The second kappa shape index (κ2) is 7.67. The number of hydrogen-bond donors (Lipinski definition) is 1. The minimum absolute atomic E-state index is 0.0191. The maximum atomic E-state index is 12.0. The molecular weight excluding hydrogens is 318 g/mol. The zero-order chi connectivity index (χ0) is 15.3. The van der Waals surface area contributed by atoms with Gasteiger partial charge in [0, 0.05) is 0 Å². The van der Waals surface area contributed by atoms with Crippen LogP contribution in [0.25, 0.3) is 0 Å². The molecule has 3 nitrogen and oxygen atoms in total. The zero-order valence-corrected chi connectivity index (χ0v) is 14.4. The van der Waals surface area contributed by atoms with E-state index >= 15 is 0 Å². The summed E-state index contributed by atoms with van der Waals surface area (Å²) in [6, 6.07) is 7.83. The van der Waals surface area contributed by atoms with Crippen LogP contribution in [-0.2, 0) is 4.79 Å². The van der Waals surface area contributed by atoms with Gasteiger partial charge in [-0.25, -0.2) is 0 Å². The highest BCUT2D eigenvalue weighted by molar-refractivity contribution is 9.10. The van der Waals surface area contributed by atoms with Gasteiger partial charge in [0.25, 0.3) is 0 Å². The average molecular weight is 342 g/mol. The molecule has 0 aliphatic rings. The van der Waals surface area contributed by atoms with Gasteiger partial charge in [-0.05, 0) is 44.4 Å². The highest BCUT2D eigenvalue weighted by Gasteiger charge is 2.20. The molecule has 0 spiro atoms. The van der Waals surface area contributed by atoms with Crippen molar-refractivity contribution in [1.29, 1.82) is 0 Å². The highest BCUT2D eigenvalue weighted by Crippen LogP contribution is 2.20. The normalized spacial score (nSPS) is 14.2. The van der Waals surface area contributed by atoms with Crippen LogP contribution in [0.15, 0.2) is 24.3 Å². The fourth-order valence-corrected chi connectivity index (χ4v) is 1.92. The van der Waals surface area contributed by atoms with E-state index in [0.29, 0.717) is 0 Å². The number of alkyl halides is 1. The number of hydrogen-bond acceptors (Lipinski definition) is 2. The molecule has 0 saturated heterocycles. The summed E-state index contributed by atoms with van der Waals surface area (Å²) in [5.74, 6) is 1.14. The molecule has 1 N–H and O–H groups in total. The highest BCUT2D eigenvalue weighted by atomic mass is 79.9. The van der Waals surface area contributed by atoms with Gasteiger partial charge in [0.15, 0.2) is 0 Å². The lowest BCUT2D eigenvalue weighted by molar-refractivity contribution is -0.121. The van der Waals surface area contributed by atoms with Crippen molar-refractivity contribution in [2.24, 2.45) is 5.92 Å². The van der Waals surface area contributed by atoms with Crippen LogP contribution in [0, 0.1) is 5.92 Å². The number of nitrogens with one attached hydrogen (secondary N) is 1. The largest absolute Gasteiger partial charge is 0.491 e. The van der Waals surface area contributed by atoms with Crippen LogP contribution in [0.4, 0.5) is 0 Å². The fourth-order valence-electron chi connectivity index (χ4n) is 1.79. The minimum atomic E-state index is -0.159. The molecule has 1 rings (SSSR count). The molecule has 112 valence electrons. The molecule has 0 fully saturated rings. The smallest absolute Gasteiger partial charge is 0.234 e. The average Bonchev–Trinajstić information content (AvgIpc) is 2.37. The Morgan fingerprint density at radius 3 is 2.10 bits per heavy atom. The van der Waals surface area contributed by atoms with Gasteiger partial charge in [0.05, 0.1) is 17.0 Å². The summed E-state index contributed by atoms with van der Waals surface area (Å²) in [6.45, 7) is 10.0. The van der Waals surface area contributed by atoms with Crippen LogP contribution >= 0.6 is 15.9 Å². The topological polar surface area (TPSA) is 38.3 Å². The van der Waals surface area contributed by atoms with E-state index in [2.05, 4.69) is 21.2 Å². The van der Waals surface area contributed by atoms with Gasteiger partial charge < -0.3 is 10.1 Å². The van der Waals surface area contributed by atoms with Crippen molar-refractivity contribution in [1.82, 2.24) is 5.32 Å². The van der Waals surface area contributed by atoms with E-state index in [-0.39, 0.29) is 28.8 Å². The molecule has 1 amide bonds. The van der Waals surface area contributed by atoms with E-state index < -0.39 is 0 Å². The lowest BCUT2D eigenvalue weighted by Crippen LogP contribution is -2.35. The third kappa shape index (κ3) is 5.16. The predicted octanol–water partition coefficient (Wildman–Crippen LogP) is 4.07. The van der Waals surface area contributed by atoms with E-state index in [1.54, 1.807) is 0 Å². The number of halogens is 1. The lowest BCUT2D eigenvalue weighted by Gasteiger charge is -2.19. The number of rotatable bonds is 6. The molecule has 1 aromatic rings. The zero-order valence-electron chi connectivity index (χ0n) is 12.8. The van der Waals surface area contributed by atoms with E-state index in [1.807, 2.05) is 58.9 Å².